The summed E-state index contributed by atoms with van der Waals surface area (Å²) in [5, 5.41) is 6.55. The molecule has 1 aromatic heterocycles. The van der Waals surface area contributed by atoms with Crippen LogP contribution in [0.25, 0.3) is 0 Å². The third kappa shape index (κ3) is 1.79. The Balaban J connectivity index is 2.02. The van der Waals surface area contributed by atoms with Gasteiger partial charge in [0.1, 0.15) is 5.54 Å². The van der Waals surface area contributed by atoms with Crippen LogP contribution in [0.1, 0.15) is 6.42 Å². The van der Waals surface area contributed by atoms with Crippen LogP contribution in [0.15, 0.2) is 16.8 Å². The molecule has 5 heteroatoms. The first kappa shape index (κ1) is 9.64. The van der Waals surface area contributed by atoms with Gasteiger partial charge in [-0.05, 0) is 17.9 Å². The molecule has 0 saturated carbocycles. The van der Waals surface area contributed by atoms with Gasteiger partial charge in [-0.2, -0.15) is 11.3 Å². The van der Waals surface area contributed by atoms with E-state index in [4.69, 9.17) is 10.5 Å². The van der Waals surface area contributed by atoms with Gasteiger partial charge in [-0.1, -0.05) is 0 Å². The van der Waals surface area contributed by atoms with Crippen molar-refractivity contribution in [2.75, 3.05) is 18.5 Å². The molecule has 1 aliphatic heterocycles. The number of carbonyl (C=O) groups is 1. The van der Waals surface area contributed by atoms with Gasteiger partial charge in [0.15, 0.2) is 0 Å². The van der Waals surface area contributed by atoms with Gasteiger partial charge in [-0.15, -0.1) is 0 Å². The smallest absolute Gasteiger partial charge is 0.246 e. The number of nitrogens with one attached hydrogen (secondary N) is 1. The van der Waals surface area contributed by atoms with Crippen LogP contribution in [0, 0.1) is 0 Å². The summed E-state index contributed by atoms with van der Waals surface area (Å²) < 4.78 is 5.12. The first-order valence-corrected chi connectivity index (χ1v) is 5.35. The lowest BCUT2D eigenvalue weighted by Gasteiger charge is -2.19. The maximum absolute atomic E-state index is 11.7. The molecule has 14 heavy (non-hydrogen) atoms. The molecule has 1 aromatic rings. The number of nitrogens with two attached hydrogens (primary N) is 1. The molecule has 1 atom stereocenters. The Kier molecular flexibility index (Phi) is 2.54. The third-order valence-corrected chi connectivity index (χ3v) is 2.97. The number of ether oxygens (including phenoxy) is 1. The van der Waals surface area contributed by atoms with E-state index in [9.17, 15) is 4.79 Å². The van der Waals surface area contributed by atoms with Gasteiger partial charge in [0, 0.05) is 12.0 Å². The topological polar surface area (TPSA) is 64.4 Å². The molecule has 2 heterocycles. The largest absolute Gasteiger partial charge is 0.379 e. The van der Waals surface area contributed by atoms with Crippen LogP contribution >= 0.6 is 11.3 Å². The minimum absolute atomic E-state index is 0.159. The summed E-state index contributed by atoms with van der Waals surface area (Å²) in [6.07, 6.45) is 0.586. The predicted octanol–water partition coefficient (Wildman–Crippen LogP) is 0.804. The number of hydrogen-bond acceptors (Lipinski definition) is 4. The van der Waals surface area contributed by atoms with Crippen LogP contribution in [0.4, 0.5) is 5.69 Å². The summed E-state index contributed by atoms with van der Waals surface area (Å²) in [4.78, 5) is 11.7. The fraction of sp³-hybridized carbons (Fsp3) is 0.444. The SMILES string of the molecule is NC1(C(=O)Nc2ccsc2)CCOC1. The second-order valence-corrected chi connectivity index (χ2v) is 4.20. The zero-order valence-corrected chi connectivity index (χ0v) is 8.47. The zero-order chi connectivity index (χ0) is 10.0. The van der Waals surface area contributed by atoms with E-state index in [0.29, 0.717) is 19.6 Å². The first-order chi connectivity index (χ1) is 6.71. The van der Waals surface area contributed by atoms with Crippen LogP contribution in [0.2, 0.25) is 0 Å². The fourth-order valence-corrected chi connectivity index (χ4v) is 1.94. The molecule has 1 unspecified atom stereocenters. The highest BCUT2D eigenvalue weighted by molar-refractivity contribution is 7.08. The van der Waals surface area contributed by atoms with Crippen molar-refractivity contribution in [3.63, 3.8) is 0 Å². The second kappa shape index (κ2) is 3.68. The molecule has 0 aliphatic carbocycles. The minimum Gasteiger partial charge on any atom is -0.379 e. The number of amides is 1. The van der Waals surface area contributed by atoms with Crippen LogP contribution < -0.4 is 11.1 Å². The average Bonchev–Trinajstić information content (AvgIpc) is 2.76. The van der Waals surface area contributed by atoms with Crippen molar-refractivity contribution in [3.05, 3.63) is 16.8 Å². The van der Waals surface area contributed by atoms with Crippen LogP contribution in [0.3, 0.4) is 0 Å². The summed E-state index contributed by atoms with van der Waals surface area (Å²) >= 11 is 1.54. The van der Waals surface area contributed by atoms with Gasteiger partial charge in [-0.3, -0.25) is 4.79 Å². The normalized spacial score (nSPS) is 26.4. The monoisotopic (exact) mass is 212 g/mol. The van der Waals surface area contributed by atoms with Crippen LogP contribution in [0.5, 0.6) is 0 Å². The van der Waals surface area contributed by atoms with E-state index in [1.165, 1.54) is 11.3 Å². The Morgan fingerprint density at radius 3 is 3.14 bits per heavy atom. The van der Waals surface area contributed by atoms with Gasteiger partial charge in [-0.25, -0.2) is 0 Å². The summed E-state index contributed by atoms with van der Waals surface area (Å²) in [6, 6.07) is 1.85. The zero-order valence-electron chi connectivity index (χ0n) is 7.66. The molecule has 0 aromatic carbocycles. The van der Waals surface area contributed by atoms with E-state index >= 15 is 0 Å². The van der Waals surface area contributed by atoms with E-state index < -0.39 is 5.54 Å². The molecule has 4 nitrogen and oxygen atoms in total. The highest BCUT2D eigenvalue weighted by Crippen LogP contribution is 2.19. The molecule has 0 spiro atoms. The highest BCUT2D eigenvalue weighted by atomic mass is 32.1. The molecule has 1 fully saturated rings. The van der Waals surface area contributed by atoms with Crippen molar-refractivity contribution in [1.29, 1.82) is 0 Å². The fourth-order valence-electron chi connectivity index (χ4n) is 1.35. The van der Waals surface area contributed by atoms with Crippen molar-refractivity contribution in [2.24, 2.45) is 5.73 Å². The molecule has 0 bridgehead atoms. The van der Waals surface area contributed by atoms with E-state index in [0.717, 1.165) is 5.69 Å². The van der Waals surface area contributed by atoms with E-state index in [1.807, 2.05) is 16.8 Å². The molecule has 1 aliphatic rings. The lowest BCUT2D eigenvalue weighted by molar-refractivity contribution is -0.121. The van der Waals surface area contributed by atoms with Gasteiger partial charge in [0.05, 0.1) is 12.3 Å². The summed E-state index contributed by atoms with van der Waals surface area (Å²) in [7, 11) is 0. The Bertz CT molecular complexity index is 318. The molecule has 2 rings (SSSR count). The number of thiophene rings is 1. The molecular weight excluding hydrogens is 200 g/mol. The Morgan fingerprint density at radius 1 is 1.71 bits per heavy atom. The standard InChI is InChI=1S/C9H12N2O2S/c10-9(2-3-13-6-9)8(12)11-7-1-4-14-5-7/h1,4-5H,2-3,6,10H2,(H,11,12). The number of hydrogen-bond donors (Lipinski definition) is 2. The maximum atomic E-state index is 11.7. The molecule has 3 N–H and O–H groups in total. The van der Waals surface area contributed by atoms with Crippen LogP contribution in [-0.2, 0) is 9.53 Å². The molecular formula is C9H12N2O2S. The van der Waals surface area contributed by atoms with Crippen molar-refractivity contribution >= 4 is 22.9 Å². The Labute approximate surface area is 86.1 Å². The molecule has 1 saturated heterocycles. The predicted molar refractivity (Wildman–Crippen MR) is 55.3 cm³/mol. The van der Waals surface area contributed by atoms with Gasteiger partial charge < -0.3 is 15.8 Å². The quantitative estimate of drug-likeness (QED) is 0.762. The molecule has 76 valence electrons. The number of rotatable bonds is 2. The van der Waals surface area contributed by atoms with Crippen molar-refractivity contribution in [3.8, 4) is 0 Å². The number of anilines is 1. The van der Waals surface area contributed by atoms with Gasteiger partial charge >= 0.3 is 0 Å². The first-order valence-electron chi connectivity index (χ1n) is 4.41. The third-order valence-electron chi connectivity index (χ3n) is 2.28. The molecule has 0 radical (unpaired) electrons. The number of carbonyl (C=O) groups excluding carboxylic acids is 1. The molecule has 1 amide bonds. The lowest BCUT2D eigenvalue weighted by atomic mass is 9.99. The summed E-state index contributed by atoms with van der Waals surface area (Å²) in [6.45, 7) is 0.872. The Morgan fingerprint density at radius 2 is 2.57 bits per heavy atom. The summed E-state index contributed by atoms with van der Waals surface area (Å²) in [5.74, 6) is -0.159. The maximum Gasteiger partial charge on any atom is 0.246 e. The van der Waals surface area contributed by atoms with Crippen molar-refractivity contribution < 1.29 is 9.53 Å². The van der Waals surface area contributed by atoms with E-state index in [-0.39, 0.29) is 5.91 Å². The lowest BCUT2D eigenvalue weighted by Crippen LogP contribution is -2.51. The van der Waals surface area contributed by atoms with E-state index in [1.54, 1.807) is 0 Å². The van der Waals surface area contributed by atoms with Crippen LogP contribution in [-0.4, -0.2) is 24.7 Å². The van der Waals surface area contributed by atoms with Gasteiger partial charge in [0.25, 0.3) is 0 Å². The van der Waals surface area contributed by atoms with Crippen molar-refractivity contribution in [1.82, 2.24) is 0 Å². The Hall–Kier alpha value is -0.910. The van der Waals surface area contributed by atoms with Gasteiger partial charge in [0.2, 0.25) is 5.91 Å². The average molecular weight is 212 g/mol. The second-order valence-electron chi connectivity index (χ2n) is 3.42. The minimum atomic E-state index is -0.845. The van der Waals surface area contributed by atoms with E-state index in [2.05, 4.69) is 5.32 Å². The summed E-state index contributed by atoms with van der Waals surface area (Å²) in [5.41, 5.74) is 5.84. The van der Waals surface area contributed by atoms with Crippen molar-refractivity contribution in [2.45, 2.75) is 12.0 Å². The highest BCUT2D eigenvalue weighted by Gasteiger charge is 2.38.